The lowest BCUT2D eigenvalue weighted by atomic mass is 10.2. The maximum atomic E-state index is 12.6. The number of hydrogen-bond donors (Lipinski definition) is 1. The first-order valence-electron chi connectivity index (χ1n) is 6.01. The molecule has 20 heavy (non-hydrogen) atoms. The van der Waals surface area contributed by atoms with Crippen LogP contribution in [0.15, 0.2) is 14.1 Å². The van der Waals surface area contributed by atoms with E-state index in [9.17, 15) is 13.2 Å². The fraction of sp³-hybridized carbons (Fsp3) is 0.545. The summed E-state index contributed by atoms with van der Waals surface area (Å²) in [4.78, 5) is 11.0. The molecule has 0 atom stereocenters. The van der Waals surface area contributed by atoms with Crippen LogP contribution in [0.5, 0.6) is 0 Å². The highest BCUT2D eigenvalue weighted by Crippen LogP contribution is 2.37. The van der Waals surface area contributed by atoms with Crippen LogP contribution >= 0.6 is 38.9 Å². The highest BCUT2D eigenvalue weighted by Gasteiger charge is 2.36. The van der Waals surface area contributed by atoms with Gasteiger partial charge in [-0.1, -0.05) is 24.4 Å². The van der Waals surface area contributed by atoms with Crippen molar-refractivity contribution in [1.29, 1.82) is 0 Å². The predicted octanol–water partition coefficient (Wildman–Crippen LogP) is 3.18. The molecule has 1 heterocycles. The lowest BCUT2D eigenvalue weighted by Crippen LogP contribution is -2.41. The summed E-state index contributed by atoms with van der Waals surface area (Å²) in [5.74, 6) is -1.15. The second-order valence-corrected chi connectivity index (χ2v) is 9.46. The average Bonchev–Trinajstić information content (AvgIpc) is 2.97. The molecule has 0 spiro atoms. The zero-order chi connectivity index (χ0) is 14.9. The lowest BCUT2D eigenvalue weighted by molar-refractivity contribution is -0.137. The van der Waals surface area contributed by atoms with Gasteiger partial charge in [0.1, 0.15) is 10.8 Å². The zero-order valence-electron chi connectivity index (χ0n) is 10.4. The van der Waals surface area contributed by atoms with Crippen LogP contribution in [0.4, 0.5) is 0 Å². The molecule has 0 radical (unpaired) electrons. The van der Waals surface area contributed by atoms with Crippen molar-refractivity contribution < 1.29 is 18.3 Å². The van der Waals surface area contributed by atoms with E-state index in [0.717, 1.165) is 28.5 Å². The Hall–Kier alpha value is -0.150. The van der Waals surface area contributed by atoms with Crippen molar-refractivity contribution in [2.75, 3.05) is 6.54 Å². The van der Waals surface area contributed by atoms with E-state index >= 15 is 0 Å². The van der Waals surface area contributed by atoms with E-state index in [2.05, 4.69) is 15.9 Å². The predicted molar refractivity (Wildman–Crippen MR) is 80.8 cm³/mol. The number of halogens is 2. The van der Waals surface area contributed by atoms with Crippen LogP contribution in [0.2, 0.25) is 5.02 Å². The van der Waals surface area contributed by atoms with Crippen LogP contribution in [-0.2, 0) is 14.8 Å². The molecule has 1 saturated carbocycles. The van der Waals surface area contributed by atoms with E-state index in [1.165, 1.54) is 6.07 Å². The van der Waals surface area contributed by atoms with Crippen molar-refractivity contribution in [1.82, 2.24) is 4.31 Å². The van der Waals surface area contributed by atoms with Gasteiger partial charge >= 0.3 is 5.97 Å². The molecule has 1 N–H and O–H groups in total. The van der Waals surface area contributed by atoms with Gasteiger partial charge in [0, 0.05) is 6.04 Å². The van der Waals surface area contributed by atoms with Crippen molar-refractivity contribution in [3.05, 3.63) is 14.9 Å². The third-order valence-corrected chi connectivity index (χ3v) is 8.03. The molecule has 1 aromatic rings. The Balaban J connectivity index is 2.37. The molecule has 9 heteroatoms. The second-order valence-electron chi connectivity index (χ2n) is 4.57. The normalized spacial score (nSPS) is 16.9. The minimum absolute atomic E-state index is 0.0718. The minimum Gasteiger partial charge on any atom is -0.480 e. The third-order valence-electron chi connectivity index (χ3n) is 3.21. The van der Waals surface area contributed by atoms with Gasteiger partial charge in [0.25, 0.3) is 10.0 Å². The molecular weight excluding hydrogens is 390 g/mol. The summed E-state index contributed by atoms with van der Waals surface area (Å²) in [6.07, 6.45) is 3.25. The molecule has 112 valence electrons. The van der Waals surface area contributed by atoms with Crippen LogP contribution < -0.4 is 0 Å². The van der Waals surface area contributed by atoms with E-state index in [0.29, 0.717) is 21.7 Å². The van der Waals surface area contributed by atoms with Gasteiger partial charge in [-0.15, -0.1) is 11.3 Å². The monoisotopic (exact) mass is 401 g/mol. The first-order chi connectivity index (χ1) is 9.32. The Labute approximate surface area is 134 Å². The van der Waals surface area contributed by atoms with Crippen molar-refractivity contribution in [3.63, 3.8) is 0 Å². The van der Waals surface area contributed by atoms with E-state index < -0.39 is 22.5 Å². The molecule has 5 nitrogen and oxygen atoms in total. The number of sulfonamides is 1. The summed E-state index contributed by atoms with van der Waals surface area (Å²) in [6, 6.07) is 1.12. The van der Waals surface area contributed by atoms with Crippen molar-refractivity contribution >= 4 is 54.9 Å². The molecule has 1 aromatic heterocycles. The molecular formula is C11H13BrClNO4S2. The number of carboxylic acids is 1. The first-order valence-corrected chi connectivity index (χ1v) is 9.43. The Morgan fingerprint density at radius 2 is 2.10 bits per heavy atom. The Morgan fingerprint density at radius 1 is 1.50 bits per heavy atom. The molecule has 0 aliphatic heterocycles. The minimum atomic E-state index is -3.82. The van der Waals surface area contributed by atoms with Crippen LogP contribution in [0, 0.1) is 0 Å². The Kier molecular flexibility index (Phi) is 5.12. The fourth-order valence-electron chi connectivity index (χ4n) is 2.31. The molecule has 0 aromatic carbocycles. The standard InChI is InChI=1S/C11H13BrClNO4S2/c12-11-8(13)5-10(19-11)20(17,18)14(6-9(15)16)7-3-1-2-4-7/h5,7H,1-4,6H2,(H,15,16). The van der Waals surface area contributed by atoms with Crippen LogP contribution in [-0.4, -0.2) is 36.4 Å². The van der Waals surface area contributed by atoms with E-state index in [1.807, 2.05) is 0 Å². The molecule has 2 rings (SSSR count). The molecule has 1 aliphatic rings. The molecule has 0 bridgehead atoms. The largest absolute Gasteiger partial charge is 0.480 e. The summed E-state index contributed by atoms with van der Waals surface area (Å²) in [5, 5.41) is 9.29. The summed E-state index contributed by atoms with van der Waals surface area (Å²) >= 11 is 10.0. The molecule has 1 aliphatic carbocycles. The van der Waals surface area contributed by atoms with Crippen LogP contribution in [0.25, 0.3) is 0 Å². The van der Waals surface area contributed by atoms with Crippen molar-refractivity contribution in [2.45, 2.75) is 35.9 Å². The Morgan fingerprint density at radius 3 is 2.55 bits per heavy atom. The molecule has 0 unspecified atom stereocenters. The topological polar surface area (TPSA) is 74.7 Å². The van der Waals surface area contributed by atoms with Crippen molar-refractivity contribution in [2.24, 2.45) is 0 Å². The highest BCUT2D eigenvalue weighted by atomic mass is 79.9. The van der Waals surface area contributed by atoms with Gasteiger partial charge in [0.2, 0.25) is 0 Å². The van der Waals surface area contributed by atoms with E-state index in [1.54, 1.807) is 0 Å². The van der Waals surface area contributed by atoms with Crippen LogP contribution in [0.1, 0.15) is 25.7 Å². The summed E-state index contributed by atoms with van der Waals surface area (Å²) < 4.78 is 26.9. The van der Waals surface area contributed by atoms with Crippen LogP contribution in [0.3, 0.4) is 0 Å². The molecule has 0 saturated heterocycles. The van der Waals surface area contributed by atoms with E-state index in [-0.39, 0.29) is 10.3 Å². The fourth-order valence-corrected chi connectivity index (χ4v) is 6.47. The quantitative estimate of drug-likeness (QED) is 0.821. The van der Waals surface area contributed by atoms with Gasteiger partial charge in [0.15, 0.2) is 0 Å². The SMILES string of the molecule is O=C(O)CN(C1CCCC1)S(=O)(=O)c1cc(Cl)c(Br)s1. The summed E-state index contributed by atoms with van der Waals surface area (Å²) in [7, 11) is -3.82. The number of carboxylic acid groups (broad SMARTS) is 1. The Bertz CT molecular complexity index is 590. The lowest BCUT2D eigenvalue weighted by Gasteiger charge is -2.25. The highest BCUT2D eigenvalue weighted by molar-refractivity contribution is 9.11. The van der Waals surface area contributed by atoms with Crippen molar-refractivity contribution in [3.8, 4) is 0 Å². The first kappa shape index (κ1) is 16.2. The number of hydrogen-bond acceptors (Lipinski definition) is 4. The summed E-state index contributed by atoms with van der Waals surface area (Å²) in [6.45, 7) is -0.514. The maximum absolute atomic E-state index is 12.6. The van der Waals surface area contributed by atoms with Gasteiger partial charge in [-0.25, -0.2) is 8.42 Å². The smallest absolute Gasteiger partial charge is 0.318 e. The second kappa shape index (κ2) is 6.31. The van der Waals surface area contributed by atoms with Gasteiger partial charge in [-0.3, -0.25) is 4.79 Å². The van der Waals surface area contributed by atoms with Gasteiger partial charge in [-0.2, -0.15) is 4.31 Å². The number of carbonyl (C=O) groups is 1. The average molecular weight is 403 g/mol. The number of aliphatic carboxylic acids is 1. The zero-order valence-corrected chi connectivity index (χ0v) is 14.4. The molecule has 0 amide bonds. The van der Waals surface area contributed by atoms with Gasteiger partial charge in [0.05, 0.1) is 8.81 Å². The maximum Gasteiger partial charge on any atom is 0.318 e. The number of thiophene rings is 1. The molecule has 1 fully saturated rings. The summed E-state index contributed by atoms with van der Waals surface area (Å²) in [5.41, 5.74) is 0. The van der Waals surface area contributed by atoms with E-state index in [4.69, 9.17) is 16.7 Å². The van der Waals surface area contributed by atoms with Gasteiger partial charge in [-0.05, 0) is 34.8 Å². The number of nitrogens with zero attached hydrogens (tertiary/aromatic N) is 1. The third kappa shape index (κ3) is 3.36. The van der Waals surface area contributed by atoms with Gasteiger partial charge < -0.3 is 5.11 Å². The number of rotatable bonds is 5.